The van der Waals surface area contributed by atoms with Crippen LogP contribution in [0.3, 0.4) is 0 Å². The summed E-state index contributed by atoms with van der Waals surface area (Å²) in [4.78, 5) is 38.1. The van der Waals surface area contributed by atoms with Crippen molar-refractivity contribution in [3.05, 3.63) is 58.3 Å². The van der Waals surface area contributed by atoms with E-state index in [0.29, 0.717) is 18.4 Å². The summed E-state index contributed by atoms with van der Waals surface area (Å²) >= 11 is 1.43. The molecule has 1 fully saturated rings. The van der Waals surface area contributed by atoms with Crippen LogP contribution in [0.25, 0.3) is 0 Å². The van der Waals surface area contributed by atoms with Crippen LogP contribution in [-0.4, -0.2) is 42.4 Å². The van der Waals surface area contributed by atoms with Crippen molar-refractivity contribution in [2.75, 3.05) is 6.61 Å². The van der Waals surface area contributed by atoms with Gasteiger partial charge in [-0.25, -0.2) is 0 Å². The van der Waals surface area contributed by atoms with E-state index < -0.39 is 12.1 Å². The fourth-order valence-electron chi connectivity index (χ4n) is 3.98. The number of carbonyl (C=O) groups excluding carboxylic acids is 3. The van der Waals surface area contributed by atoms with Gasteiger partial charge in [0.05, 0.1) is 11.7 Å². The predicted octanol–water partition coefficient (Wildman–Crippen LogP) is 3.37. The van der Waals surface area contributed by atoms with E-state index in [-0.39, 0.29) is 35.7 Å². The van der Waals surface area contributed by atoms with Crippen LogP contribution in [0.2, 0.25) is 0 Å². The predicted molar refractivity (Wildman–Crippen MR) is 121 cm³/mol. The Balaban J connectivity index is 1.75. The zero-order valence-electron chi connectivity index (χ0n) is 18.2. The Kier molecular flexibility index (Phi) is 7.62. The molecule has 7 heteroatoms. The van der Waals surface area contributed by atoms with Gasteiger partial charge in [-0.05, 0) is 41.7 Å². The van der Waals surface area contributed by atoms with Crippen LogP contribution in [0.1, 0.15) is 49.5 Å². The van der Waals surface area contributed by atoms with E-state index in [4.69, 9.17) is 4.74 Å². The molecule has 31 heavy (non-hydrogen) atoms. The SMILES string of the molecule is CCC1OCC(=O)C1NC(=O)C(CC(C)(C)Cc1ccccc1)NC(=O)c1ccsc1. The van der Waals surface area contributed by atoms with Crippen LogP contribution in [0, 0.1) is 5.41 Å². The first-order chi connectivity index (χ1) is 14.8. The molecule has 6 nitrogen and oxygen atoms in total. The molecule has 1 aromatic carbocycles. The highest BCUT2D eigenvalue weighted by Gasteiger charge is 2.38. The minimum atomic E-state index is -0.767. The summed E-state index contributed by atoms with van der Waals surface area (Å²) in [6, 6.07) is 10.4. The Morgan fingerprint density at radius 1 is 1.23 bits per heavy atom. The van der Waals surface area contributed by atoms with Gasteiger partial charge in [0.2, 0.25) is 5.91 Å². The second-order valence-corrected chi connectivity index (χ2v) is 9.56. The van der Waals surface area contributed by atoms with E-state index in [0.717, 1.165) is 6.42 Å². The Morgan fingerprint density at radius 3 is 2.61 bits per heavy atom. The number of Topliss-reactive ketones (excluding diaryl/α,β-unsaturated/α-hetero) is 1. The van der Waals surface area contributed by atoms with Crippen molar-refractivity contribution in [1.82, 2.24) is 10.6 Å². The Bertz CT molecular complexity index is 896. The maximum atomic E-state index is 13.2. The quantitative estimate of drug-likeness (QED) is 0.624. The van der Waals surface area contributed by atoms with Gasteiger partial charge >= 0.3 is 0 Å². The first kappa shape index (κ1) is 23.2. The molecule has 1 saturated heterocycles. The van der Waals surface area contributed by atoms with Crippen LogP contribution in [0.15, 0.2) is 47.2 Å². The molecule has 2 amide bonds. The molecule has 1 aromatic heterocycles. The molecular formula is C24H30N2O4S. The summed E-state index contributed by atoms with van der Waals surface area (Å²) in [6.07, 6.45) is 1.49. The van der Waals surface area contributed by atoms with Crippen LogP contribution >= 0.6 is 11.3 Å². The highest BCUT2D eigenvalue weighted by atomic mass is 32.1. The van der Waals surface area contributed by atoms with Gasteiger partial charge in [0.25, 0.3) is 5.91 Å². The number of carbonyl (C=O) groups is 3. The van der Waals surface area contributed by atoms with Crippen LogP contribution in [0.5, 0.6) is 0 Å². The Hall–Kier alpha value is -2.51. The molecule has 0 saturated carbocycles. The van der Waals surface area contributed by atoms with Gasteiger partial charge < -0.3 is 15.4 Å². The number of thiophene rings is 1. The molecule has 3 rings (SSSR count). The van der Waals surface area contributed by atoms with E-state index in [1.807, 2.05) is 30.5 Å². The largest absolute Gasteiger partial charge is 0.368 e. The summed E-state index contributed by atoms with van der Waals surface area (Å²) in [7, 11) is 0. The molecule has 0 spiro atoms. The minimum absolute atomic E-state index is 0.00881. The van der Waals surface area contributed by atoms with Gasteiger partial charge in [-0.15, -0.1) is 0 Å². The number of ether oxygens (including phenoxy) is 1. The smallest absolute Gasteiger partial charge is 0.252 e. The highest BCUT2D eigenvalue weighted by Crippen LogP contribution is 2.28. The summed E-state index contributed by atoms with van der Waals surface area (Å²) < 4.78 is 5.48. The van der Waals surface area contributed by atoms with E-state index in [9.17, 15) is 14.4 Å². The van der Waals surface area contributed by atoms with E-state index >= 15 is 0 Å². The summed E-state index contributed by atoms with van der Waals surface area (Å²) in [6.45, 7) is 6.08. The van der Waals surface area contributed by atoms with Crippen LogP contribution in [-0.2, 0) is 20.7 Å². The van der Waals surface area contributed by atoms with E-state index in [2.05, 4.69) is 36.6 Å². The normalized spacial score (nSPS) is 19.8. The average molecular weight is 443 g/mol. The number of benzene rings is 1. The zero-order valence-corrected chi connectivity index (χ0v) is 19.0. The fourth-order valence-corrected chi connectivity index (χ4v) is 4.62. The first-order valence-electron chi connectivity index (χ1n) is 10.6. The summed E-state index contributed by atoms with van der Waals surface area (Å²) in [5, 5.41) is 9.30. The average Bonchev–Trinajstić information content (AvgIpc) is 3.38. The van der Waals surface area contributed by atoms with Crippen molar-refractivity contribution in [3.63, 3.8) is 0 Å². The molecule has 3 atom stereocenters. The van der Waals surface area contributed by atoms with Gasteiger partial charge in [0.1, 0.15) is 18.7 Å². The molecule has 0 aliphatic carbocycles. The van der Waals surface area contributed by atoms with Crippen LogP contribution < -0.4 is 10.6 Å². The second kappa shape index (κ2) is 10.2. The molecule has 0 bridgehead atoms. The van der Waals surface area contributed by atoms with Gasteiger partial charge in [-0.2, -0.15) is 11.3 Å². The number of hydrogen-bond acceptors (Lipinski definition) is 5. The fraction of sp³-hybridized carbons (Fsp3) is 0.458. The number of rotatable bonds is 9. The molecule has 2 N–H and O–H groups in total. The molecule has 2 aromatic rings. The van der Waals surface area contributed by atoms with Crippen LogP contribution in [0.4, 0.5) is 0 Å². The number of nitrogens with one attached hydrogen (secondary N) is 2. The van der Waals surface area contributed by atoms with Gasteiger partial charge in [-0.3, -0.25) is 14.4 Å². The topological polar surface area (TPSA) is 84.5 Å². The number of amides is 2. The molecule has 2 heterocycles. The Morgan fingerprint density at radius 2 is 1.97 bits per heavy atom. The zero-order chi connectivity index (χ0) is 22.4. The lowest BCUT2D eigenvalue weighted by molar-refractivity contribution is -0.128. The second-order valence-electron chi connectivity index (χ2n) is 8.78. The van der Waals surface area contributed by atoms with Gasteiger partial charge in [-0.1, -0.05) is 51.1 Å². The lowest BCUT2D eigenvalue weighted by Crippen LogP contribution is -2.54. The molecule has 0 radical (unpaired) electrons. The van der Waals surface area contributed by atoms with Crippen molar-refractivity contribution in [2.45, 2.75) is 58.2 Å². The monoisotopic (exact) mass is 442 g/mol. The number of ketones is 1. The third-order valence-electron chi connectivity index (χ3n) is 5.55. The molecule has 1 aliphatic heterocycles. The third kappa shape index (κ3) is 6.24. The van der Waals surface area contributed by atoms with Crippen molar-refractivity contribution < 1.29 is 19.1 Å². The molecule has 1 aliphatic rings. The highest BCUT2D eigenvalue weighted by molar-refractivity contribution is 7.08. The summed E-state index contributed by atoms with van der Waals surface area (Å²) in [5.41, 5.74) is 1.43. The van der Waals surface area contributed by atoms with Gasteiger partial charge in [0.15, 0.2) is 5.78 Å². The minimum Gasteiger partial charge on any atom is -0.368 e. The molecular weight excluding hydrogens is 412 g/mol. The van der Waals surface area contributed by atoms with Crippen molar-refractivity contribution in [1.29, 1.82) is 0 Å². The lowest BCUT2D eigenvalue weighted by atomic mass is 9.79. The maximum Gasteiger partial charge on any atom is 0.252 e. The van der Waals surface area contributed by atoms with E-state index in [1.54, 1.807) is 11.4 Å². The Labute approximate surface area is 187 Å². The van der Waals surface area contributed by atoms with Gasteiger partial charge in [0, 0.05) is 5.38 Å². The third-order valence-corrected chi connectivity index (χ3v) is 6.23. The lowest BCUT2D eigenvalue weighted by Gasteiger charge is -2.31. The van der Waals surface area contributed by atoms with Crippen molar-refractivity contribution in [2.24, 2.45) is 5.41 Å². The van der Waals surface area contributed by atoms with Crippen molar-refractivity contribution >= 4 is 28.9 Å². The van der Waals surface area contributed by atoms with Crippen molar-refractivity contribution in [3.8, 4) is 0 Å². The van der Waals surface area contributed by atoms with E-state index in [1.165, 1.54) is 16.9 Å². The number of hydrogen-bond donors (Lipinski definition) is 2. The maximum absolute atomic E-state index is 13.2. The first-order valence-corrected chi connectivity index (χ1v) is 11.5. The molecule has 166 valence electrons. The standard InChI is InChI=1S/C24H30N2O4S/c1-4-20-21(19(27)14-30-20)26-23(29)18(25-22(28)17-10-11-31-15-17)13-24(2,3)12-16-8-6-5-7-9-16/h5-11,15,18,20-21H,4,12-14H2,1-3H3,(H,25,28)(H,26,29). The molecule has 3 unspecified atom stereocenters. The summed E-state index contributed by atoms with van der Waals surface area (Å²) in [5.74, 6) is -0.781.